The van der Waals surface area contributed by atoms with Crippen LogP contribution < -0.4 is 15.4 Å². The summed E-state index contributed by atoms with van der Waals surface area (Å²) in [5, 5.41) is 6.44. The molecule has 0 unspecified atom stereocenters. The standard InChI is InChI=1S/C21H26N2O2.ClH/c1-16-5-2-3-7-18(16)15-25-20-8-4-6-17(13-20)14-21(24)23-19-9-11-22-12-10-19;/h2-8,13,19,22H,9-12,14-15H2,1H3,(H,23,24);1H. The van der Waals surface area contributed by atoms with Crippen molar-refractivity contribution in [3.8, 4) is 5.75 Å². The van der Waals surface area contributed by atoms with Crippen molar-refractivity contribution < 1.29 is 9.53 Å². The summed E-state index contributed by atoms with van der Waals surface area (Å²) < 4.78 is 5.91. The second kappa shape index (κ2) is 10.2. The second-order valence-electron chi connectivity index (χ2n) is 6.63. The quantitative estimate of drug-likeness (QED) is 0.814. The lowest BCUT2D eigenvalue weighted by Gasteiger charge is -2.23. The summed E-state index contributed by atoms with van der Waals surface area (Å²) in [6.45, 7) is 4.58. The molecule has 0 spiro atoms. The van der Waals surface area contributed by atoms with Gasteiger partial charge in [0.15, 0.2) is 0 Å². The third kappa shape index (κ3) is 6.04. The molecule has 3 rings (SSSR count). The average molecular weight is 375 g/mol. The zero-order chi connectivity index (χ0) is 17.5. The number of carbonyl (C=O) groups excluding carboxylic acids is 1. The van der Waals surface area contributed by atoms with Crippen molar-refractivity contribution >= 4 is 18.3 Å². The minimum absolute atomic E-state index is 0. The lowest BCUT2D eigenvalue weighted by molar-refractivity contribution is -0.121. The maximum atomic E-state index is 12.2. The zero-order valence-electron chi connectivity index (χ0n) is 15.2. The molecule has 1 amide bonds. The Hall–Kier alpha value is -2.04. The number of ether oxygens (including phenoxy) is 1. The van der Waals surface area contributed by atoms with Gasteiger partial charge in [-0.1, -0.05) is 36.4 Å². The molecule has 1 heterocycles. The minimum atomic E-state index is 0. The van der Waals surface area contributed by atoms with E-state index in [2.05, 4.69) is 29.7 Å². The first kappa shape index (κ1) is 20.3. The van der Waals surface area contributed by atoms with E-state index in [1.54, 1.807) is 0 Å². The molecule has 0 atom stereocenters. The fourth-order valence-electron chi connectivity index (χ4n) is 3.11. The highest BCUT2D eigenvalue weighted by atomic mass is 35.5. The van der Waals surface area contributed by atoms with Crippen LogP contribution in [0.25, 0.3) is 0 Å². The molecule has 0 aromatic heterocycles. The highest BCUT2D eigenvalue weighted by Gasteiger charge is 2.15. The van der Waals surface area contributed by atoms with Gasteiger partial charge in [0.25, 0.3) is 0 Å². The number of nitrogens with one attached hydrogen (secondary N) is 2. The van der Waals surface area contributed by atoms with Crippen molar-refractivity contribution in [2.24, 2.45) is 0 Å². The van der Waals surface area contributed by atoms with E-state index < -0.39 is 0 Å². The number of amides is 1. The van der Waals surface area contributed by atoms with Crippen molar-refractivity contribution in [2.45, 2.75) is 38.8 Å². The summed E-state index contributed by atoms with van der Waals surface area (Å²) in [5.74, 6) is 0.887. The van der Waals surface area contributed by atoms with Gasteiger partial charge in [0.05, 0.1) is 6.42 Å². The Morgan fingerprint density at radius 2 is 1.92 bits per heavy atom. The summed E-state index contributed by atoms with van der Waals surface area (Å²) in [6.07, 6.45) is 2.40. The number of hydrogen-bond donors (Lipinski definition) is 2. The molecular formula is C21H27ClN2O2. The number of hydrogen-bond acceptors (Lipinski definition) is 3. The van der Waals surface area contributed by atoms with Crippen LogP contribution in [0.4, 0.5) is 0 Å². The molecule has 1 aliphatic rings. The van der Waals surface area contributed by atoms with Crippen molar-refractivity contribution in [3.63, 3.8) is 0 Å². The predicted molar refractivity (Wildman–Crippen MR) is 107 cm³/mol. The fraction of sp³-hybridized carbons (Fsp3) is 0.381. The molecule has 0 bridgehead atoms. The summed E-state index contributed by atoms with van der Waals surface area (Å²) in [5.41, 5.74) is 3.38. The van der Waals surface area contributed by atoms with E-state index in [0.717, 1.165) is 37.2 Å². The van der Waals surface area contributed by atoms with E-state index in [4.69, 9.17) is 4.74 Å². The molecule has 2 N–H and O–H groups in total. The van der Waals surface area contributed by atoms with Crippen molar-refractivity contribution in [1.82, 2.24) is 10.6 Å². The smallest absolute Gasteiger partial charge is 0.224 e. The van der Waals surface area contributed by atoms with Gasteiger partial charge in [0.2, 0.25) is 5.91 Å². The van der Waals surface area contributed by atoms with Crippen LogP contribution in [0.5, 0.6) is 5.75 Å². The number of halogens is 1. The maximum Gasteiger partial charge on any atom is 0.224 e. The summed E-state index contributed by atoms with van der Waals surface area (Å²) in [6, 6.07) is 16.3. The largest absolute Gasteiger partial charge is 0.489 e. The van der Waals surface area contributed by atoms with Gasteiger partial charge in [-0.25, -0.2) is 0 Å². The topological polar surface area (TPSA) is 50.4 Å². The summed E-state index contributed by atoms with van der Waals surface area (Å²) in [7, 11) is 0. The fourth-order valence-corrected chi connectivity index (χ4v) is 3.11. The first-order valence-electron chi connectivity index (χ1n) is 8.97. The van der Waals surface area contributed by atoms with E-state index in [1.165, 1.54) is 11.1 Å². The molecule has 0 saturated carbocycles. The van der Waals surface area contributed by atoms with Crippen LogP contribution in [0.15, 0.2) is 48.5 Å². The Morgan fingerprint density at radius 3 is 2.69 bits per heavy atom. The number of rotatable bonds is 6. The van der Waals surface area contributed by atoms with Crippen LogP contribution in [0.3, 0.4) is 0 Å². The summed E-state index contributed by atoms with van der Waals surface area (Å²) in [4.78, 5) is 12.2. The van der Waals surface area contributed by atoms with E-state index in [1.807, 2.05) is 36.4 Å². The Morgan fingerprint density at radius 1 is 1.15 bits per heavy atom. The SMILES string of the molecule is Cc1ccccc1COc1cccc(CC(=O)NC2CCNCC2)c1.Cl. The second-order valence-corrected chi connectivity index (χ2v) is 6.63. The van der Waals surface area contributed by atoms with E-state index in [-0.39, 0.29) is 18.3 Å². The molecule has 1 fully saturated rings. The first-order valence-corrected chi connectivity index (χ1v) is 8.97. The molecule has 2 aromatic carbocycles. The van der Waals surface area contributed by atoms with Crippen molar-refractivity contribution in [3.05, 3.63) is 65.2 Å². The molecule has 0 radical (unpaired) electrons. The van der Waals surface area contributed by atoms with Gasteiger partial charge in [-0.15, -0.1) is 12.4 Å². The summed E-state index contributed by atoms with van der Waals surface area (Å²) >= 11 is 0. The van der Waals surface area contributed by atoms with Gasteiger partial charge in [0.1, 0.15) is 12.4 Å². The number of piperidine rings is 1. The van der Waals surface area contributed by atoms with E-state index in [9.17, 15) is 4.79 Å². The molecule has 26 heavy (non-hydrogen) atoms. The predicted octanol–water partition coefficient (Wildman–Crippen LogP) is 3.41. The lowest BCUT2D eigenvalue weighted by atomic mass is 10.1. The molecule has 1 saturated heterocycles. The molecule has 4 nitrogen and oxygen atoms in total. The van der Waals surface area contributed by atoms with Crippen LogP contribution in [0, 0.1) is 6.92 Å². The van der Waals surface area contributed by atoms with Crippen LogP contribution >= 0.6 is 12.4 Å². The molecule has 140 valence electrons. The molecule has 1 aliphatic heterocycles. The highest BCUT2D eigenvalue weighted by molar-refractivity contribution is 5.85. The molecular weight excluding hydrogens is 348 g/mol. The van der Waals surface area contributed by atoms with Gasteiger partial charge in [0, 0.05) is 6.04 Å². The average Bonchev–Trinajstić information content (AvgIpc) is 2.62. The van der Waals surface area contributed by atoms with Crippen LogP contribution in [0.2, 0.25) is 0 Å². The molecule has 2 aromatic rings. The third-order valence-electron chi connectivity index (χ3n) is 4.62. The van der Waals surface area contributed by atoms with E-state index in [0.29, 0.717) is 19.1 Å². The minimum Gasteiger partial charge on any atom is -0.489 e. The number of aryl methyl sites for hydroxylation is 1. The van der Waals surface area contributed by atoms with Gasteiger partial charge < -0.3 is 15.4 Å². The van der Waals surface area contributed by atoms with Crippen LogP contribution in [0.1, 0.15) is 29.5 Å². The van der Waals surface area contributed by atoms with Crippen molar-refractivity contribution in [1.29, 1.82) is 0 Å². The van der Waals surface area contributed by atoms with Gasteiger partial charge in [-0.05, 0) is 61.7 Å². The number of benzene rings is 2. The lowest BCUT2D eigenvalue weighted by Crippen LogP contribution is -2.43. The Kier molecular flexibility index (Phi) is 7.95. The normalized spacial score (nSPS) is 14.3. The Labute approximate surface area is 161 Å². The van der Waals surface area contributed by atoms with Gasteiger partial charge >= 0.3 is 0 Å². The van der Waals surface area contributed by atoms with Gasteiger partial charge in [-0.2, -0.15) is 0 Å². The highest BCUT2D eigenvalue weighted by Crippen LogP contribution is 2.17. The van der Waals surface area contributed by atoms with E-state index >= 15 is 0 Å². The Balaban J connectivity index is 0.00000243. The molecule has 0 aliphatic carbocycles. The maximum absolute atomic E-state index is 12.2. The van der Waals surface area contributed by atoms with Crippen molar-refractivity contribution in [2.75, 3.05) is 13.1 Å². The number of carbonyl (C=O) groups is 1. The zero-order valence-corrected chi connectivity index (χ0v) is 16.0. The molecule has 5 heteroatoms. The Bertz CT molecular complexity index is 715. The van der Waals surface area contributed by atoms with Gasteiger partial charge in [-0.3, -0.25) is 4.79 Å². The third-order valence-corrected chi connectivity index (χ3v) is 4.62. The van der Waals surface area contributed by atoms with Crippen LogP contribution in [-0.4, -0.2) is 25.0 Å². The first-order chi connectivity index (χ1) is 12.2. The van der Waals surface area contributed by atoms with Crippen LogP contribution in [-0.2, 0) is 17.8 Å². The monoisotopic (exact) mass is 374 g/mol.